The fourth-order valence-corrected chi connectivity index (χ4v) is 2.32. The summed E-state index contributed by atoms with van der Waals surface area (Å²) in [5.74, 6) is -0.0797. The first-order valence-corrected chi connectivity index (χ1v) is 6.50. The molecule has 1 aromatic heterocycles. The normalized spacial score (nSPS) is 19.4. The van der Waals surface area contributed by atoms with Crippen molar-refractivity contribution in [3.05, 3.63) is 16.8 Å². The number of nitrogens with one attached hydrogen (secondary N) is 1. The van der Waals surface area contributed by atoms with Gasteiger partial charge >= 0.3 is 12.3 Å². The number of nitrogens with zero attached hydrogens (tertiary/aromatic N) is 3. The molecular formula is C11H12ClF3N4O2. The van der Waals surface area contributed by atoms with Crippen LogP contribution in [0, 0.1) is 0 Å². The predicted octanol–water partition coefficient (Wildman–Crippen LogP) is 2.70. The summed E-state index contributed by atoms with van der Waals surface area (Å²) in [5.41, 5.74) is -1.08. The quantitative estimate of drug-likeness (QED) is 0.874. The number of amides is 1. The van der Waals surface area contributed by atoms with Crippen LogP contribution in [0.2, 0.25) is 5.15 Å². The lowest BCUT2D eigenvalue weighted by Crippen LogP contribution is -2.44. The molecule has 0 bridgehead atoms. The van der Waals surface area contributed by atoms with E-state index < -0.39 is 23.0 Å². The SMILES string of the molecule is O=C(O)N1CCCC(Nc2cc(C(F)(F)F)c(Cl)nn2)C1. The molecule has 1 atom stereocenters. The smallest absolute Gasteiger partial charge is 0.419 e. The zero-order chi connectivity index (χ0) is 15.6. The second kappa shape index (κ2) is 5.92. The molecule has 116 valence electrons. The van der Waals surface area contributed by atoms with Crippen LogP contribution in [0.5, 0.6) is 0 Å². The third-order valence-corrected chi connectivity index (χ3v) is 3.38. The van der Waals surface area contributed by atoms with E-state index >= 15 is 0 Å². The largest absolute Gasteiger partial charge is 0.465 e. The van der Waals surface area contributed by atoms with E-state index in [0.29, 0.717) is 19.4 Å². The number of halogens is 4. The second-order valence-electron chi connectivity index (χ2n) is 4.64. The maximum atomic E-state index is 12.7. The van der Waals surface area contributed by atoms with Gasteiger partial charge in [0.05, 0.1) is 5.56 Å². The molecule has 0 radical (unpaired) electrons. The van der Waals surface area contributed by atoms with Gasteiger partial charge in [-0.1, -0.05) is 11.6 Å². The van der Waals surface area contributed by atoms with E-state index in [1.807, 2.05) is 0 Å². The number of carboxylic acid groups (broad SMARTS) is 1. The molecule has 0 saturated carbocycles. The predicted molar refractivity (Wildman–Crippen MR) is 68.3 cm³/mol. The lowest BCUT2D eigenvalue weighted by Gasteiger charge is -2.31. The molecule has 1 aliphatic rings. The number of likely N-dealkylation sites (tertiary alicyclic amines) is 1. The highest BCUT2D eigenvalue weighted by Crippen LogP contribution is 2.34. The van der Waals surface area contributed by atoms with Crippen LogP contribution in [0.3, 0.4) is 0 Å². The molecule has 2 rings (SSSR count). The maximum Gasteiger partial charge on any atom is 0.419 e. The molecule has 0 spiro atoms. The van der Waals surface area contributed by atoms with Crippen molar-refractivity contribution in [1.29, 1.82) is 0 Å². The molecule has 10 heteroatoms. The standard InChI is InChI=1S/C11H12ClF3N4O2/c12-9-7(11(13,14)15)4-8(17-18-9)16-6-2-1-3-19(5-6)10(20)21/h4,6H,1-3,5H2,(H,16,17)(H,20,21). The molecule has 1 aromatic rings. The molecule has 2 heterocycles. The van der Waals surface area contributed by atoms with Crippen molar-refractivity contribution >= 4 is 23.5 Å². The van der Waals surface area contributed by atoms with Crippen LogP contribution >= 0.6 is 11.6 Å². The van der Waals surface area contributed by atoms with Crippen LogP contribution in [-0.4, -0.2) is 45.4 Å². The summed E-state index contributed by atoms with van der Waals surface area (Å²) in [5, 5.41) is 17.8. The van der Waals surface area contributed by atoms with Crippen molar-refractivity contribution in [2.75, 3.05) is 18.4 Å². The number of alkyl halides is 3. The fourth-order valence-electron chi connectivity index (χ4n) is 2.12. The minimum absolute atomic E-state index is 0.0797. The zero-order valence-corrected chi connectivity index (χ0v) is 11.4. The number of piperidine rings is 1. The van der Waals surface area contributed by atoms with Gasteiger partial charge in [-0.3, -0.25) is 0 Å². The van der Waals surface area contributed by atoms with Crippen LogP contribution < -0.4 is 5.32 Å². The van der Waals surface area contributed by atoms with Gasteiger partial charge in [-0.15, -0.1) is 10.2 Å². The van der Waals surface area contributed by atoms with E-state index in [1.54, 1.807) is 0 Å². The minimum atomic E-state index is -4.62. The molecule has 1 amide bonds. The summed E-state index contributed by atoms with van der Waals surface area (Å²) >= 11 is 5.38. The van der Waals surface area contributed by atoms with E-state index in [-0.39, 0.29) is 18.4 Å². The lowest BCUT2D eigenvalue weighted by atomic mass is 10.1. The summed E-state index contributed by atoms with van der Waals surface area (Å²) in [7, 11) is 0. The Morgan fingerprint density at radius 1 is 1.48 bits per heavy atom. The first kappa shape index (κ1) is 15.6. The monoisotopic (exact) mass is 324 g/mol. The van der Waals surface area contributed by atoms with Crippen molar-refractivity contribution in [2.45, 2.75) is 25.1 Å². The van der Waals surface area contributed by atoms with Gasteiger partial charge in [0.2, 0.25) is 0 Å². The van der Waals surface area contributed by atoms with Gasteiger partial charge in [0.25, 0.3) is 0 Å². The van der Waals surface area contributed by atoms with Crippen LogP contribution in [0.15, 0.2) is 6.07 Å². The van der Waals surface area contributed by atoms with Crippen LogP contribution in [0.25, 0.3) is 0 Å². The molecular weight excluding hydrogens is 313 g/mol. The summed E-state index contributed by atoms with van der Waals surface area (Å²) in [6, 6.07) is 0.459. The van der Waals surface area contributed by atoms with Crippen LogP contribution in [0.1, 0.15) is 18.4 Å². The Bertz CT molecular complexity index is 541. The van der Waals surface area contributed by atoms with Crippen molar-refractivity contribution in [1.82, 2.24) is 15.1 Å². The van der Waals surface area contributed by atoms with Crippen molar-refractivity contribution in [3.8, 4) is 0 Å². The lowest BCUT2D eigenvalue weighted by molar-refractivity contribution is -0.137. The van der Waals surface area contributed by atoms with Crippen molar-refractivity contribution in [3.63, 3.8) is 0 Å². The van der Waals surface area contributed by atoms with Gasteiger partial charge in [-0.05, 0) is 18.9 Å². The highest BCUT2D eigenvalue weighted by Gasteiger charge is 2.35. The van der Waals surface area contributed by atoms with Crippen LogP contribution in [-0.2, 0) is 6.18 Å². The molecule has 21 heavy (non-hydrogen) atoms. The number of aromatic nitrogens is 2. The van der Waals surface area contributed by atoms with E-state index in [4.69, 9.17) is 16.7 Å². The van der Waals surface area contributed by atoms with Gasteiger partial charge in [-0.2, -0.15) is 13.2 Å². The van der Waals surface area contributed by atoms with E-state index in [0.717, 1.165) is 6.07 Å². The van der Waals surface area contributed by atoms with E-state index in [2.05, 4.69) is 15.5 Å². The Morgan fingerprint density at radius 3 is 2.81 bits per heavy atom. The third-order valence-electron chi connectivity index (χ3n) is 3.10. The Kier molecular flexibility index (Phi) is 4.40. The van der Waals surface area contributed by atoms with E-state index in [9.17, 15) is 18.0 Å². The van der Waals surface area contributed by atoms with Gasteiger partial charge in [-0.25, -0.2) is 4.79 Å². The minimum Gasteiger partial charge on any atom is -0.465 e. The number of hydrogen-bond donors (Lipinski definition) is 2. The Balaban J connectivity index is 2.11. The zero-order valence-electron chi connectivity index (χ0n) is 10.7. The number of hydrogen-bond acceptors (Lipinski definition) is 4. The first-order chi connectivity index (χ1) is 9.77. The average Bonchev–Trinajstić information content (AvgIpc) is 2.40. The molecule has 1 unspecified atom stereocenters. The Morgan fingerprint density at radius 2 is 2.19 bits per heavy atom. The Hall–Kier alpha value is -1.77. The third kappa shape index (κ3) is 3.87. The highest BCUT2D eigenvalue weighted by molar-refractivity contribution is 6.30. The number of rotatable bonds is 2. The maximum absolute atomic E-state index is 12.7. The van der Waals surface area contributed by atoms with Gasteiger partial charge in [0.1, 0.15) is 5.82 Å². The summed E-state index contributed by atoms with van der Waals surface area (Å²) in [6.07, 6.45) is -4.42. The van der Waals surface area contributed by atoms with Gasteiger partial charge in [0.15, 0.2) is 5.15 Å². The molecule has 0 aromatic carbocycles. The molecule has 1 fully saturated rings. The molecule has 0 aliphatic carbocycles. The van der Waals surface area contributed by atoms with Crippen LogP contribution in [0.4, 0.5) is 23.8 Å². The Labute approximate surface area is 122 Å². The topological polar surface area (TPSA) is 78.4 Å². The molecule has 1 saturated heterocycles. The average molecular weight is 325 g/mol. The summed E-state index contributed by atoms with van der Waals surface area (Å²) in [4.78, 5) is 12.1. The summed E-state index contributed by atoms with van der Waals surface area (Å²) in [6.45, 7) is 0.592. The fraction of sp³-hybridized carbons (Fsp3) is 0.545. The first-order valence-electron chi connectivity index (χ1n) is 6.12. The highest BCUT2D eigenvalue weighted by atomic mass is 35.5. The van der Waals surface area contributed by atoms with Crippen molar-refractivity contribution in [2.24, 2.45) is 0 Å². The van der Waals surface area contributed by atoms with Gasteiger partial charge in [0, 0.05) is 19.1 Å². The van der Waals surface area contributed by atoms with Crippen molar-refractivity contribution < 1.29 is 23.1 Å². The summed E-state index contributed by atoms with van der Waals surface area (Å²) < 4.78 is 38.1. The second-order valence-corrected chi connectivity index (χ2v) is 5.00. The number of carbonyl (C=O) groups is 1. The number of anilines is 1. The molecule has 1 aliphatic heterocycles. The molecule has 6 nitrogen and oxygen atoms in total. The van der Waals surface area contributed by atoms with E-state index in [1.165, 1.54) is 4.90 Å². The molecule has 2 N–H and O–H groups in total. The van der Waals surface area contributed by atoms with Gasteiger partial charge < -0.3 is 15.3 Å².